The van der Waals surface area contributed by atoms with Crippen LogP contribution in [0.25, 0.3) is 0 Å². The molecule has 4 nitrogen and oxygen atoms in total. The minimum atomic E-state index is -3.27. The van der Waals surface area contributed by atoms with E-state index in [9.17, 15) is 13.7 Å². The largest absolute Gasteiger partial charge is 0.383 e. The summed E-state index contributed by atoms with van der Waals surface area (Å²) < 4.78 is 28.7. The molecule has 5 heteroatoms. The molecule has 0 aliphatic heterocycles. The van der Waals surface area contributed by atoms with Crippen molar-refractivity contribution >= 4 is 9.84 Å². The van der Waals surface area contributed by atoms with Gasteiger partial charge in [0.25, 0.3) is 0 Å². The van der Waals surface area contributed by atoms with Crippen molar-refractivity contribution in [1.82, 2.24) is 0 Å². The van der Waals surface area contributed by atoms with Crippen LogP contribution in [0.4, 0.5) is 0 Å². The molecule has 0 unspecified atom stereocenters. The van der Waals surface area contributed by atoms with Crippen LogP contribution in [-0.2, 0) is 14.6 Å². The van der Waals surface area contributed by atoms with Crippen molar-refractivity contribution in [2.75, 3.05) is 20.0 Å². The van der Waals surface area contributed by atoms with Crippen LogP contribution in [0, 0.1) is 16.7 Å². The van der Waals surface area contributed by atoms with Crippen molar-refractivity contribution in [3.05, 3.63) is 35.9 Å². The Morgan fingerprint density at radius 1 is 1.39 bits per heavy atom. The zero-order valence-corrected chi connectivity index (χ0v) is 11.1. The summed E-state index contributed by atoms with van der Waals surface area (Å²) >= 11 is 0. The average molecular weight is 265 g/mol. The molecule has 0 bridgehead atoms. The van der Waals surface area contributed by atoms with Crippen molar-refractivity contribution in [3.8, 4) is 6.07 Å². The number of hydrogen-bond donors (Lipinski definition) is 0. The fraction of sp³-hybridized carbons (Fsp3) is 0.462. The van der Waals surface area contributed by atoms with Crippen LogP contribution >= 0.6 is 0 Å². The van der Waals surface area contributed by atoms with Gasteiger partial charge in [0, 0.05) is 19.3 Å². The van der Waals surface area contributed by atoms with Gasteiger partial charge < -0.3 is 4.74 Å². The second-order valence-electron chi connectivity index (χ2n) is 4.72. The number of hydrogen-bond acceptors (Lipinski definition) is 4. The van der Waals surface area contributed by atoms with Crippen molar-refractivity contribution in [3.63, 3.8) is 0 Å². The molecule has 0 spiro atoms. The van der Waals surface area contributed by atoms with Gasteiger partial charge in [-0.05, 0) is 5.56 Å². The SMILES string of the molecule is COC[C@@]1(C#N)[C@@H](c2ccccc2)[C@@H]1S(C)(=O)=O. The van der Waals surface area contributed by atoms with Crippen LogP contribution in [0.15, 0.2) is 30.3 Å². The van der Waals surface area contributed by atoms with Crippen LogP contribution in [0.2, 0.25) is 0 Å². The molecule has 0 amide bonds. The average Bonchev–Trinajstić information content (AvgIpc) is 3.00. The molecule has 3 atom stereocenters. The van der Waals surface area contributed by atoms with Gasteiger partial charge in [-0.2, -0.15) is 5.26 Å². The molecule has 96 valence electrons. The molecule has 0 heterocycles. The van der Waals surface area contributed by atoms with Crippen LogP contribution in [0.3, 0.4) is 0 Å². The minimum absolute atomic E-state index is 0.140. The van der Waals surface area contributed by atoms with Gasteiger partial charge in [0.1, 0.15) is 5.41 Å². The highest BCUT2D eigenvalue weighted by Crippen LogP contribution is 2.62. The topological polar surface area (TPSA) is 67.2 Å². The van der Waals surface area contributed by atoms with Crippen molar-refractivity contribution in [1.29, 1.82) is 5.26 Å². The minimum Gasteiger partial charge on any atom is -0.383 e. The Labute approximate surface area is 107 Å². The van der Waals surface area contributed by atoms with Gasteiger partial charge in [-0.25, -0.2) is 8.42 Å². The number of benzene rings is 1. The number of rotatable bonds is 4. The lowest BCUT2D eigenvalue weighted by Gasteiger charge is -2.06. The Bertz CT molecular complexity index is 576. The second-order valence-corrected chi connectivity index (χ2v) is 6.89. The van der Waals surface area contributed by atoms with E-state index in [0.29, 0.717) is 0 Å². The molecule has 0 radical (unpaired) electrons. The molecule has 1 aliphatic carbocycles. The van der Waals surface area contributed by atoms with Gasteiger partial charge in [0.2, 0.25) is 0 Å². The lowest BCUT2D eigenvalue weighted by Crippen LogP contribution is -2.17. The number of nitrogens with zero attached hydrogens (tertiary/aromatic N) is 1. The molecule has 0 aromatic heterocycles. The number of ether oxygens (including phenoxy) is 1. The summed E-state index contributed by atoms with van der Waals surface area (Å²) in [5.41, 5.74) is -0.0597. The van der Waals surface area contributed by atoms with E-state index in [0.717, 1.165) is 5.56 Å². The van der Waals surface area contributed by atoms with Crippen molar-refractivity contribution in [2.24, 2.45) is 5.41 Å². The second kappa shape index (κ2) is 4.38. The van der Waals surface area contributed by atoms with Gasteiger partial charge in [-0.3, -0.25) is 0 Å². The summed E-state index contributed by atoms with van der Waals surface area (Å²) in [6.07, 6.45) is 1.18. The van der Waals surface area contributed by atoms with E-state index in [-0.39, 0.29) is 12.5 Å². The first kappa shape index (κ1) is 13.1. The van der Waals surface area contributed by atoms with E-state index >= 15 is 0 Å². The van der Waals surface area contributed by atoms with Crippen molar-refractivity contribution in [2.45, 2.75) is 11.2 Å². The van der Waals surface area contributed by atoms with E-state index < -0.39 is 20.5 Å². The molecule has 0 N–H and O–H groups in total. The summed E-state index contributed by atoms with van der Waals surface area (Å²) in [6, 6.07) is 11.4. The first-order valence-corrected chi connectivity index (χ1v) is 7.57. The number of methoxy groups -OCH3 is 1. The third kappa shape index (κ3) is 1.92. The summed E-state index contributed by atoms with van der Waals surface area (Å²) in [6.45, 7) is 0.140. The van der Waals surface area contributed by atoms with Gasteiger partial charge in [0.15, 0.2) is 9.84 Å². The molecule has 1 fully saturated rings. The van der Waals surface area contributed by atoms with E-state index in [1.54, 1.807) is 0 Å². The highest BCUT2D eigenvalue weighted by Gasteiger charge is 2.71. The van der Waals surface area contributed by atoms with Gasteiger partial charge in [-0.1, -0.05) is 30.3 Å². The Morgan fingerprint density at radius 2 is 2.00 bits per heavy atom. The Hall–Kier alpha value is -1.38. The Balaban J connectivity index is 2.45. The zero-order chi connectivity index (χ0) is 13.4. The highest BCUT2D eigenvalue weighted by atomic mass is 32.2. The zero-order valence-electron chi connectivity index (χ0n) is 10.3. The molecule has 1 aromatic rings. The van der Waals surface area contributed by atoms with Crippen LogP contribution in [-0.4, -0.2) is 33.6 Å². The first-order valence-electron chi connectivity index (χ1n) is 5.61. The fourth-order valence-electron chi connectivity index (χ4n) is 2.74. The standard InChI is InChI=1S/C13H15NO3S/c1-17-9-13(8-14)11(12(13)18(2,15)16)10-6-4-3-5-7-10/h3-7,11-12H,9H2,1-2H3/t11-,12-,13-/m0/s1. The summed E-state index contributed by atoms with van der Waals surface area (Å²) in [4.78, 5) is 0. The predicted octanol–water partition coefficient (Wildman–Crippen LogP) is 1.35. The van der Waals surface area contributed by atoms with Gasteiger partial charge in [0.05, 0.1) is 17.9 Å². The van der Waals surface area contributed by atoms with E-state index in [1.807, 2.05) is 30.3 Å². The first-order chi connectivity index (χ1) is 8.47. The molecule has 18 heavy (non-hydrogen) atoms. The van der Waals surface area contributed by atoms with E-state index in [2.05, 4.69) is 6.07 Å². The maximum absolute atomic E-state index is 11.8. The third-order valence-corrected chi connectivity index (χ3v) is 5.08. The maximum Gasteiger partial charge on any atom is 0.152 e. The summed E-state index contributed by atoms with van der Waals surface area (Å²) in [7, 11) is -1.79. The predicted molar refractivity (Wildman–Crippen MR) is 67.7 cm³/mol. The Kier molecular flexibility index (Phi) is 3.18. The fourth-order valence-corrected chi connectivity index (χ4v) is 4.59. The molecule has 1 saturated carbocycles. The normalized spacial score (nSPS) is 30.7. The third-order valence-electron chi connectivity index (χ3n) is 3.47. The molecule has 0 saturated heterocycles. The lowest BCUT2D eigenvalue weighted by molar-refractivity contribution is 0.162. The molecular formula is C13H15NO3S. The van der Waals surface area contributed by atoms with Crippen LogP contribution < -0.4 is 0 Å². The lowest BCUT2D eigenvalue weighted by atomic mass is 10.0. The van der Waals surface area contributed by atoms with E-state index in [4.69, 9.17) is 4.74 Å². The maximum atomic E-state index is 11.8. The number of nitriles is 1. The molecule has 1 aliphatic rings. The summed E-state index contributed by atoms with van der Waals surface area (Å²) in [5.74, 6) is -0.293. The van der Waals surface area contributed by atoms with Gasteiger partial charge in [-0.15, -0.1) is 0 Å². The Morgan fingerprint density at radius 3 is 2.44 bits per heavy atom. The van der Waals surface area contributed by atoms with E-state index in [1.165, 1.54) is 13.4 Å². The highest BCUT2D eigenvalue weighted by molar-refractivity contribution is 7.91. The molecule has 2 rings (SSSR count). The molecular weight excluding hydrogens is 250 g/mol. The van der Waals surface area contributed by atoms with Crippen molar-refractivity contribution < 1.29 is 13.2 Å². The van der Waals surface area contributed by atoms with Crippen LogP contribution in [0.1, 0.15) is 11.5 Å². The van der Waals surface area contributed by atoms with Gasteiger partial charge >= 0.3 is 0 Å². The quantitative estimate of drug-likeness (QED) is 0.824. The smallest absolute Gasteiger partial charge is 0.152 e. The number of sulfone groups is 1. The molecule has 1 aromatic carbocycles. The van der Waals surface area contributed by atoms with Crippen LogP contribution in [0.5, 0.6) is 0 Å². The summed E-state index contributed by atoms with van der Waals surface area (Å²) in [5, 5.41) is 8.69. The monoisotopic (exact) mass is 265 g/mol.